The summed E-state index contributed by atoms with van der Waals surface area (Å²) in [7, 11) is 3.16. The molecular weight excluding hydrogens is 308 g/mol. The van der Waals surface area contributed by atoms with Gasteiger partial charge < -0.3 is 20.1 Å². The predicted molar refractivity (Wildman–Crippen MR) is 91.3 cm³/mol. The number of hydrogen-bond acceptors (Lipinski definition) is 4. The molecule has 0 atom stereocenters. The number of amides is 2. The Balaban J connectivity index is 1.76. The highest BCUT2D eigenvalue weighted by Gasteiger charge is 2.07. The zero-order chi connectivity index (χ0) is 17.4. The molecule has 6 heteroatoms. The molecular formula is C18H20N2O4. The van der Waals surface area contributed by atoms with Crippen LogP contribution in [0.3, 0.4) is 0 Å². The number of benzene rings is 2. The van der Waals surface area contributed by atoms with Gasteiger partial charge in [-0.05, 0) is 42.0 Å². The fourth-order valence-corrected chi connectivity index (χ4v) is 2.05. The number of carbonyl (C=O) groups is 2. The van der Waals surface area contributed by atoms with Crippen LogP contribution in [0, 0.1) is 0 Å². The van der Waals surface area contributed by atoms with Gasteiger partial charge in [-0.3, -0.25) is 9.59 Å². The molecule has 24 heavy (non-hydrogen) atoms. The van der Waals surface area contributed by atoms with Crippen LogP contribution < -0.4 is 20.1 Å². The third-order valence-electron chi connectivity index (χ3n) is 3.34. The second-order valence-corrected chi connectivity index (χ2v) is 5.08. The number of methoxy groups -OCH3 is 2. The molecule has 2 N–H and O–H groups in total. The van der Waals surface area contributed by atoms with Crippen LogP contribution in [-0.4, -0.2) is 32.6 Å². The van der Waals surface area contributed by atoms with Gasteiger partial charge in [-0.25, -0.2) is 0 Å². The molecule has 2 aromatic carbocycles. The van der Waals surface area contributed by atoms with Crippen molar-refractivity contribution in [2.75, 3.05) is 26.1 Å². The average Bonchev–Trinajstić information content (AvgIpc) is 2.61. The molecule has 0 unspecified atom stereocenters. The second-order valence-electron chi connectivity index (χ2n) is 5.08. The van der Waals surface area contributed by atoms with E-state index in [0.29, 0.717) is 11.4 Å². The van der Waals surface area contributed by atoms with Crippen molar-refractivity contribution < 1.29 is 19.1 Å². The standard InChI is InChI=1S/C18H20N2O4/c1-23-15-7-3-13(4-8-15)11-17(21)19-12-18(22)20-14-5-9-16(24-2)10-6-14/h3-10H,11-12H2,1-2H3,(H,19,21)(H,20,22). The Labute approximate surface area is 140 Å². The maximum Gasteiger partial charge on any atom is 0.243 e. The first-order valence-electron chi connectivity index (χ1n) is 7.44. The SMILES string of the molecule is COc1ccc(CC(=O)NCC(=O)Nc2ccc(OC)cc2)cc1. The Morgan fingerprint density at radius 2 is 1.38 bits per heavy atom. The normalized spacial score (nSPS) is 9.92. The number of anilines is 1. The Bertz CT molecular complexity index is 620. The van der Waals surface area contributed by atoms with Crippen LogP contribution in [-0.2, 0) is 16.0 Å². The topological polar surface area (TPSA) is 76.7 Å². The van der Waals surface area contributed by atoms with Crippen LogP contribution >= 0.6 is 0 Å². The van der Waals surface area contributed by atoms with Crippen molar-refractivity contribution in [1.29, 1.82) is 0 Å². The van der Waals surface area contributed by atoms with Crippen molar-refractivity contribution in [3.05, 3.63) is 54.1 Å². The number of hydrogen-bond donors (Lipinski definition) is 2. The molecule has 126 valence electrons. The summed E-state index contributed by atoms with van der Waals surface area (Å²) in [6.07, 6.45) is 0.208. The Hall–Kier alpha value is -3.02. The fraction of sp³-hybridized carbons (Fsp3) is 0.222. The summed E-state index contributed by atoms with van der Waals surface area (Å²) in [5.41, 5.74) is 1.49. The second kappa shape index (κ2) is 8.57. The fourth-order valence-electron chi connectivity index (χ4n) is 2.05. The minimum Gasteiger partial charge on any atom is -0.497 e. The highest BCUT2D eigenvalue weighted by molar-refractivity contribution is 5.94. The van der Waals surface area contributed by atoms with E-state index in [4.69, 9.17) is 9.47 Å². The minimum atomic E-state index is -0.289. The molecule has 2 rings (SSSR count). The molecule has 0 aliphatic rings. The third-order valence-corrected chi connectivity index (χ3v) is 3.34. The summed E-state index contributed by atoms with van der Waals surface area (Å²) in [6, 6.07) is 14.2. The van der Waals surface area contributed by atoms with E-state index in [-0.39, 0.29) is 24.8 Å². The zero-order valence-corrected chi connectivity index (χ0v) is 13.7. The largest absolute Gasteiger partial charge is 0.497 e. The van der Waals surface area contributed by atoms with Crippen molar-refractivity contribution in [1.82, 2.24) is 5.32 Å². The molecule has 0 bridgehead atoms. The number of nitrogens with one attached hydrogen (secondary N) is 2. The zero-order valence-electron chi connectivity index (χ0n) is 13.7. The van der Waals surface area contributed by atoms with Crippen LogP contribution in [0.2, 0.25) is 0 Å². The number of carbonyl (C=O) groups excluding carboxylic acids is 2. The Kier molecular flexibility index (Phi) is 6.19. The van der Waals surface area contributed by atoms with Gasteiger partial charge in [0.25, 0.3) is 0 Å². The molecule has 0 aromatic heterocycles. The maximum absolute atomic E-state index is 11.9. The highest BCUT2D eigenvalue weighted by Crippen LogP contribution is 2.14. The minimum absolute atomic E-state index is 0.0823. The Morgan fingerprint density at radius 1 is 0.833 bits per heavy atom. The smallest absolute Gasteiger partial charge is 0.243 e. The summed E-state index contributed by atoms with van der Waals surface area (Å²) in [6.45, 7) is -0.0823. The molecule has 0 fully saturated rings. The quantitative estimate of drug-likeness (QED) is 0.815. The molecule has 0 aliphatic carbocycles. The molecule has 0 saturated heterocycles. The van der Waals surface area contributed by atoms with E-state index in [1.54, 1.807) is 50.6 Å². The number of ether oxygens (including phenoxy) is 2. The van der Waals surface area contributed by atoms with E-state index in [9.17, 15) is 9.59 Å². The van der Waals surface area contributed by atoms with Gasteiger partial charge in [-0.15, -0.1) is 0 Å². The molecule has 0 aliphatic heterocycles. The summed E-state index contributed by atoms with van der Waals surface area (Å²) in [5.74, 6) is 0.937. The lowest BCUT2D eigenvalue weighted by molar-refractivity contribution is -0.123. The average molecular weight is 328 g/mol. The molecule has 0 saturated carbocycles. The first-order chi connectivity index (χ1) is 11.6. The van der Waals surface area contributed by atoms with Gasteiger partial charge in [0.1, 0.15) is 11.5 Å². The van der Waals surface area contributed by atoms with Crippen molar-refractivity contribution in [2.24, 2.45) is 0 Å². The van der Waals surface area contributed by atoms with Gasteiger partial charge in [-0.2, -0.15) is 0 Å². The highest BCUT2D eigenvalue weighted by atomic mass is 16.5. The molecule has 0 spiro atoms. The van der Waals surface area contributed by atoms with Gasteiger partial charge >= 0.3 is 0 Å². The van der Waals surface area contributed by atoms with Crippen molar-refractivity contribution in [3.8, 4) is 11.5 Å². The van der Waals surface area contributed by atoms with Crippen molar-refractivity contribution in [3.63, 3.8) is 0 Å². The third kappa shape index (κ3) is 5.31. The van der Waals surface area contributed by atoms with Gasteiger partial charge in [0.05, 0.1) is 27.2 Å². The van der Waals surface area contributed by atoms with E-state index >= 15 is 0 Å². The van der Waals surface area contributed by atoms with Crippen LogP contribution in [0.4, 0.5) is 5.69 Å². The molecule has 0 heterocycles. The predicted octanol–water partition coefficient (Wildman–Crippen LogP) is 2.00. The van der Waals surface area contributed by atoms with Crippen molar-refractivity contribution in [2.45, 2.75) is 6.42 Å². The summed E-state index contributed by atoms with van der Waals surface area (Å²) < 4.78 is 10.1. The van der Waals surface area contributed by atoms with E-state index in [0.717, 1.165) is 11.3 Å². The molecule has 2 amide bonds. The van der Waals surface area contributed by atoms with Crippen LogP contribution in [0.5, 0.6) is 11.5 Å². The van der Waals surface area contributed by atoms with E-state index in [2.05, 4.69) is 10.6 Å². The first-order valence-corrected chi connectivity index (χ1v) is 7.44. The van der Waals surface area contributed by atoms with Crippen LogP contribution in [0.15, 0.2) is 48.5 Å². The Morgan fingerprint density at radius 3 is 1.92 bits per heavy atom. The maximum atomic E-state index is 11.9. The van der Waals surface area contributed by atoms with Gasteiger partial charge in [0.15, 0.2) is 0 Å². The van der Waals surface area contributed by atoms with E-state index in [1.807, 2.05) is 12.1 Å². The van der Waals surface area contributed by atoms with Gasteiger partial charge in [0.2, 0.25) is 11.8 Å². The van der Waals surface area contributed by atoms with Crippen LogP contribution in [0.25, 0.3) is 0 Å². The monoisotopic (exact) mass is 328 g/mol. The first kappa shape index (κ1) is 17.3. The van der Waals surface area contributed by atoms with Gasteiger partial charge in [-0.1, -0.05) is 12.1 Å². The lowest BCUT2D eigenvalue weighted by Crippen LogP contribution is -2.33. The lowest BCUT2D eigenvalue weighted by Gasteiger charge is -2.08. The summed E-state index contributed by atoms with van der Waals surface area (Å²) in [5, 5.41) is 5.30. The summed E-state index contributed by atoms with van der Waals surface area (Å²) in [4.78, 5) is 23.7. The molecule has 6 nitrogen and oxygen atoms in total. The number of rotatable bonds is 7. The molecule has 0 radical (unpaired) electrons. The lowest BCUT2D eigenvalue weighted by atomic mass is 10.1. The summed E-state index contributed by atoms with van der Waals surface area (Å²) >= 11 is 0. The van der Waals surface area contributed by atoms with Crippen LogP contribution in [0.1, 0.15) is 5.56 Å². The van der Waals surface area contributed by atoms with E-state index in [1.165, 1.54) is 0 Å². The molecule has 2 aromatic rings. The van der Waals surface area contributed by atoms with E-state index < -0.39 is 0 Å². The van der Waals surface area contributed by atoms with Crippen molar-refractivity contribution >= 4 is 17.5 Å². The van der Waals surface area contributed by atoms with Gasteiger partial charge in [0, 0.05) is 5.69 Å².